The molecular weight excluding hydrogens is 456 g/mol. The van der Waals surface area contributed by atoms with Crippen LogP contribution in [0.2, 0.25) is 0 Å². The van der Waals surface area contributed by atoms with Crippen molar-refractivity contribution in [1.29, 1.82) is 0 Å². The highest BCUT2D eigenvalue weighted by atomic mass is 79.9. The lowest BCUT2D eigenvalue weighted by molar-refractivity contribution is -0.137. The van der Waals surface area contributed by atoms with Crippen LogP contribution in [0, 0.1) is 5.82 Å². The minimum atomic E-state index is -4.82. The van der Waals surface area contributed by atoms with Crippen molar-refractivity contribution in [3.63, 3.8) is 0 Å². The van der Waals surface area contributed by atoms with Gasteiger partial charge in [-0.2, -0.15) is 27.1 Å². The Bertz CT molecular complexity index is 840. The highest BCUT2D eigenvalue weighted by molar-refractivity contribution is 9.10. The van der Waals surface area contributed by atoms with E-state index in [1.165, 1.54) is 6.07 Å². The summed E-state index contributed by atoms with van der Waals surface area (Å²) in [6.45, 7) is -0.701. The van der Waals surface area contributed by atoms with Gasteiger partial charge in [-0.3, -0.25) is 9.99 Å². The molecule has 0 spiro atoms. The van der Waals surface area contributed by atoms with Gasteiger partial charge in [0.15, 0.2) is 0 Å². The second kappa shape index (κ2) is 8.35. The fourth-order valence-electron chi connectivity index (χ4n) is 2.49. The van der Waals surface area contributed by atoms with Crippen LogP contribution < -0.4 is 11.7 Å². The quantitative estimate of drug-likeness (QED) is 0.220. The number of pyridine rings is 1. The normalized spacial score (nSPS) is 13.7. The van der Waals surface area contributed by atoms with Gasteiger partial charge in [-0.15, -0.1) is 0 Å². The average Bonchev–Trinajstić information content (AvgIpc) is 2.59. The Morgan fingerprint density at radius 3 is 2.36 bits per heavy atom. The highest BCUT2D eigenvalue weighted by Gasteiger charge is 2.46. The molecule has 12 heteroatoms. The molecule has 28 heavy (non-hydrogen) atoms. The van der Waals surface area contributed by atoms with E-state index in [0.717, 1.165) is 18.6 Å². The van der Waals surface area contributed by atoms with Crippen molar-refractivity contribution in [1.82, 2.24) is 9.99 Å². The standard InChI is InChI=1S/C16H14BrF6N5/c17-10-2-4-14(26-6-10)15(19,20)12(7-28(25)8-27-24)11-3-1-9(5-13(11)18)16(21,22)23/h1-6,8,12H,7,24-25H2/b27-8-. The minimum absolute atomic E-state index is 0.158. The second-order valence-corrected chi connectivity index (χ2v) is 6.65. The molecule has 1 aromatic carbocycles. The Labute approximate surface area is 164 Å². The first-order valence-corrected chi connectivity index (χ1v) is 8.37. The summed E-state index contributed by atoms with van der Waals surface area (Å²) in [5.74, 6) is 3.23. The van der Waals surface area contributed by atoms with Crippen LogP contribution in [0.3, 0.4) is 0 Å². The van der Waals surface area contributed by atoms with Crippen LogP contribution in [0.4, 0.5) is 26.3 Å². The number of hydrogen-bond acceptors (Lipinski definition) is 4. The molecule has 1 atom stereocenters. The van der Waals surface area contributed by atoms with Gasteiger partial charge < -0.3 is 5.84 Å². The Morgan fingerprint density at radius 1 is 1.18 bits per heavy atom. The van der Waals surface area contributed by atoms with Crippen molar-refractivity contribution in [3.05, 3.63) is 63.6 Å². The molecule has 5 nitrogen and oxygen atoms in total. The molecule has 0 amide bonds. The van der Waals surface area contributed by atoms with Crippen molar-refractivity contribution in [2.45, 2.75) is 18.0 Å². The third kappa shape index (κ3) is 4.93. The summed E-state index contributed by atoms with van der Waals surface area (Å²) in [6.07, 6.45) is -2.89. The highest BCUT2D eigenvalue weighted by Crippen LogP contribution is 2.43. The van der Waals surface area contributed by atoms with E-state index in [-0.39, 0.29) is 6.07 Å². The van der Waals surface area contributed by atoms with E-state index in [0.29, 0.717) is 21.6 Å². The monoisotopic (exact) mass is 469 g/mol. The molecule has 1 unspecified atom stereocenters. The first-order valence-electron chi connectivity index (χ1n) is 7.58. The predicted octanol–water partition coefficient (Wildman–Crippen LogP) is 3.96. The van der Waals surface area contributed by atoms with E-state index in [1.54, 1.807) is 0 Å². The average molecular weight is 470 g/mol. The van der Waals surface area contributed by atoms with E-state index in [9.17, 15) is 17.6 Å². The molecule has 0 bridgehead atoms. The number of alkyl halides is 5. The van der Waals surface area contributed by atoms with E-state index < -0.39 is 47.2 Å². The largest absolute Gasteiger partial charge is 0.416 e. The van der Waals surface area contributed by atoms with E-state index >= 15 is 8.78 Å². The third-order valence-electron chi connectivity index (χ3n) is 3.82. The zero-order valence-corrected chi connectivity index (χ0v) is 15.6. The number of benzene rings is 1. The Hall–Kier alpha value is -2.34. The number of halogens is 7. The van der Waals surface area contributed by atoms with Crippen LogP contribution in [0.15, 0.2) is 46.1 Å². The van der Waals surface area contributed by atoms with Gasteiger partial charge in [0.25, 0.3) is 5.92 Å². The SMILES string of the molecule is N/N=C\N(N)CC(c1ccc(C(F)(F)F)cc1F)C(F)(F)c1ccc(Br)cn1. The molecule has 2 aromatic rings. The molecule has 0 aliphatic rings. The van der Waals surface area contributed by atoms with Crippen molar-refractivity contribution in [2.24, 2.45) is 16.8 Å². The number of rotatable bonds is 6. The van der Waals surface area contributed by atoms with Gasteiger partial charge in [0.1, 0.15) is 17.8 Å². The molecule has 4 N–H and O–H groups in total. The van der Waals surface area contributed by atoms with Crippen molar-refractivity contribution >= 4 is 22.3 Å². The smallest absolute Gasteiger partial charge is 0.322 e. The van der Waals surface area contributed by atoms with Crippen LogP contribution >= 0.6 is 15.9 Å². The minimum Gasteiger partial charge on any atom is -0.322 e. The van der Waals surface area contributed by atoms with Crippen molar-refractivity contribution in [2.75, 3.05) is 6.54 Å². The fraction of sp³-hybridized carbons (Fsp3) is 0.250. The van der Waals surface area contributed by atoms with E-state index in [2.05, 4.69) is 26.0 Å². The maximum absolute atomic E-state index is 15.1. The van der Waals surface area contributed by atoms with Gasteiger partial charge in [0, 0.05) is 17.2 Å². The van der Waals surface area contributed by atoms with E-state index in [4.69, 9.17) is 11.7 Å². The number of hydrazine groups is 1. The van der Waals surface area contributed by atoms with Gasteiger partial charge in [-0.05, 0) is 45.8 Å². The molecule has 0 aliphatic carbocycles. The van der Waals surface area contributed by atoms with Gasteiger partial charge in [0.05, 0.1) is 11.5 Å². The molecular formula is C16H14BrF6N5. The van der Waals surface area contributed by atoms with Crippen molar-refractivity contribution < 1.29 is 26.3 Å². The molecule has 1 heterocycles. The summed E-state index contributed by atoms with van der Waals surface area (Å²) in [5.41, 5.74) is -2.67. The molecule has 1 aromatic heterocycles. The predicted molar refractivity (Wildman–Crippen MR) is 93.5 cm³/mol. The fourth-order valence-corrected chi connectivity index (χ4v) is 2.72. The number of hydrogen-bond donors (Lipinski definition) is 2. The Balaban J connectivity index is 2.54. The molecule has 2 rings (SSSR count). The second-order valence-electron chi connectivity index (χ2n) is 5.73. The maximum Gasteiger partial charge on any atom is 0.416 e. The molecule has 0 saturated carbocycles. The Morgan fingerprint density at radius 2 is 1.86 bits per heavy atom. The zero-order valence-electron chi connectivity index (χ0n) is 14.0. The van der Waals surface area contributed by atoms with Gasteiger partial charge in [-0.25, -0.2) is 10.2 Å². The summed E-state index contributed by atoms with van der Waals surface area (Å²) in [7, 11) is 0. The first kappa shape index (κ1) is 22.0. The maximum atomic E-state index is 15.1. The van der Waals surface area contributed by atoms with Crippen LogP contribution in [-0.2, 0) is 12.1 Å². The molecule has 0 aliphatic heterocycles. The van der Waals surface area contributed by atoms with Crippen LogP contribution in [0.5, 0.6) is 0 Å². The van der Waals surface area contributed by atoms with Crippen LogP contribution in [0.25, 0.3) is 0 Å². The summed E-state index contributed by atoms with van der Waals surface area (Å²) >= 11 is 3.06. The van der Waals surface area contributed by atoms with Crippen molar-refractivity contribution in [3.8, 4) is 0 Å². The van der Waals surface area contributed by atoms with Gasteiger partial charge in [-0.1, -0.05) is 6.07 Å². The van der Waals surface area contributed by atoms with E-state index in [1.807, 2.05) is 0 Å². The Kier molecular flexibility index (Phi) is 6.55. The zero-order chi connectivity index (χ0) is 21.1. The number of hydrazone groups is 1. The van der Waals surface area contributed by atoms with Crippen LogP contribution in [-0.4, -0.2) is 22.9 Å². The summed E-state index contributed by atoms with van der Waals surface area (Å²) in [6, 6.07) is 3.65. The van der Waals surface area contributed by atoms with Gasteiger partial charge in [0.2, 0.25) is 0 Å². The van der Waals surface area contributed by atoms with Gasteiger partial charge >= 0.3 is 6.18 Å². The number of nitrogens with zero attached hydrogens (tertiary/aromatic N) is 3. The topological polar surface area (TPSA) is 80.5 Å². The third-order valence-corrected chi connectivity index (χ3v) is 4.29. The lowest BCUT2D eigenvalue weighted by Gasteiger charge is -2.30. The van der Waals surface area contributed by atoms with Crippen LogP contribution in [0.1, 0.15) is 22.7 Å². The number of nitrogens with two attached hydrogens (primary N) is 2. The lowest BCUT2D eigenvalue weighted by Crippen LogP contribution is -2.40. The first-order chi connectivity index (χ1) is 13.0. The lowest BCUT2D eigenvalue weighted by atomic mass is 9.89. The number of aromatic nitrogens is 1. The summed E-state index contributed by atoms with van der Waals surface area (Å²) in [4.78, 5) is 3.62. The molecule has 152 valence electrons. The summed E-state index contributed by atoms with van der Waals surface area (Å²) < 4.78 is 83.4. The summed E-state index contributed by atoms with van der Waals surface area (Å²) in [5, 5.41) is 3.76. The molecule has 0 radical (unpaired) electrons. The molecule has 0 saturated heterocycles. The molecule has 0 fully saturated rings.